The molecule has 3 aromatic rings. The topological polar surface area (TPSA) is 88.3 Å². The van der Waals surface area contributed by atoms with Crippen LogP contribution in [0.2, 0.25) is 5.02 Å². The standard InChI is InChI=1S/C18H20ClN7O/c1-2-14-8-16(26-18(23-14)21-11-22-26)25-7-3-4-12(10-25)17(27)24-15-6-5-13(19)9-20-15/h5-6,8-9,11-12H,2-4,7,10H2,1H3,(H,20,24,27). The van der Waals surface area contributed by atoms with Gasteiger partial charge in [-0.15, -0.1) is 0 Å². The van der Waals surface area contributed by atoms with Gasteiger partial charge in [-0.3, -0.25) is 4.79 Å². The van der Waals surface area contributed by atoms with Crippen LogP contribution in [0.5, 0.6) is 0 Å². The molecule has 1 atom stereocenters. The van der Waals surface area contributed by atoms with Crippen LogP contribution in [-0.2, 0) is 11.2 Å². The Kier molecular flexibility index (Phi) is 4.89. The third-order valence-corrected chi connectivity index (χ3v) is 4.97. The number of amides is 1. The van der Waals surface area contributed by atoms with Crippen molar-refractivity contribution in [2.75, 3.05) is 23.3 Å². The molecule has 1 N–H and O–H groups in total. The number of pyridine rings is 1. The van der Waals surface area contributed by atoms with Crippen LogP contribution < -0.4 is 10.2 Å². The summed E-state index contributed by atoms with van der Waals surface area (Å²) >= 11 is 5.85. The first kappa shape index (κ1) is 17.7. The first-order valence-electron chi connectivity index (χ1n) is 9.01. The van der Waals surface area contributed by atoms with Gasteiger partial charge in [0, 0.05) is 31.0 Å². The van der Waals surface area contributed by atoms with Crippen LogP contribution in [-0.4, -0.2) is 43.6 Å². The van der Waals surface area contributed by atoms with Gasteiger partial charge in [-0.2, -0.15) is 14.6 Å². The van der Waals surface area contributed by atoms with Crippen molar-refractivity contribution in [3.8, 4) is 0 Å². The molecule has 8 nitrogen and oxygen atoms in total. The van der Waals surface area contributed by atoms with E-state index in [0.717, 1.165) is 37.3 Å². The van der Waals surface area contributed by atoms with E-state index in [0.29, 0.717) is 23.2 Å². The Labute approximate surface area is 161 Å². The number of hydrogen-bond acceptors (Lipinski definition) is 6. The van der Waals surface area contributed by atoms with E-state index in [2.05, 4.69) is 37.2 Å². The van der Waals surface area contributed by atoms with E-state index >= 15 is 0 Å². The Balaban J connectivity index is 1.53. The summed E-state index contributed by atoms with van der Waals surface area (Å²) in [5, 5.41) is 7.72. The number of aromatic nitrogens is 5. The van der Waals surface area contributed by atoms with E-state index in [1.165, 1.54) is 12.5 Å². The zero-order valence-electron chi connectivity index (χ0n) is 15.0. The van der Waals surface area contributed by atoms with Crippen LogP contribution in [0.4, 0.5) is 11.6 Å². The Morgan fingerprint density at radius 2 is 2.26 bits per heavy atom. The van der Waals surface area contributed by atoms with Crippen molar-refractivity contribution in [3.63, 3.8) is 0 Å². The molecule has 0 aliphatic carbocycles. The third kappa shape index (κ3) is 3.71. The quantitative estimate of drug-likeness (QED) is 0.742. The highest BCUT2D eigenvalue weighted by Gasteiger charge is 2.28. The Morgan fingerprint density at radius 3 is 3.04 bits per heavy atom. The summed E-state index contributed by atoms with van der Waals surface area (Å²) in [5.41, 5.74) is 0.961. The smallest absolute Gasteiger partial charge is 0.254 e. The lowest BCUT2D eigenvalue weighted by atomic mass is 9.97. The second-order valence-corrected chi connectivity index (χ2v) is 7.00. The minimum Gasteiger partial charge on any atom is -0.356 e. The summed E-state index contributed by atoms with van der Waals surface area (Å²) < 4.78 is 1.74. The van der Waals surface area contributed by atoms with Gasteiger partial charge in [-0.1, -0.05) is 18.5 Å². The third-order valence-electron chi connectivity index (χ3n) is 4.74. The molecular weight excluding hydrogens is 366 g/mol. The molecule has 0 saturated carbocycles. The molecule has 1 aliphatic heterocycles. The van der Waals surface area contributed by atoms with Crippen LogP contribution in [0, 0.1) is 5.92 Å². The van der Waals surface area contributed by atoms with Gasteiger partial charge in [-0.05, 0) is 31.4 Å². The first-order valence-corrected chi connectivity index (χ1v) is 9.39. The van der Waals surface area contributed by atoms with Crippen molar-refractivity contribution < 1.29 is 4.79 Å². The molecule has 0 spiro atoms. The van der Waals surface area contributed by atoms with Gasteiger partial charge in [0.25, 0.3) is 5.78 Å². The molecule has 9 heteroatoms. The predicted molar refractivity (Wildman–Crippen MR) is 103 cm³/mol. The molecule has 27 heavy (non-hydrogen) atoms. The number of carbonyl (C=O) groups excluding carboxylic acids is 1. The fourth-order valence-electron chi connectivity index (χ4n) is 3.33. The highest BCUT2D eigenvalue weighted by molar-refractivity contribution is 6.30. The molecule has 3 aromatic heterocycles. The van der Waals surface area contributed by atoms with Crippen molar-refractivity contribution in [1.82, 2.24) is 24.6 Å². The minimum atomic E-state index is -0.131. The largest absolute Gasteiger partial charge is 0.356 e. The summed E-state index contributed by atoms with van der Waals surface area (Å²) in [6.07, 6.45) is 5.60. The maximum Gasteiger partial charge on any atom is 0.254 e. The normalized spacial score (nSPS) is 17.3. The molecule has 1 amide bonds. The van der Waals surface area contributed by atoms with E-state index in [-0.39, 0.29) is 11.8 Å². The number of rotatable bonds is 4. The van der Waals surface area contributed by atoms with Gasteiger partial charge in [0.05, 0.1) is 10.9 Å². The lowest BCUT2D eigenvalue weighted by molar-refractivity contribution is -0.120. The van der Waals surface area contributed by atoms with E-state index in [9.17, 15) is 4.79 Å². The fourth-order valence-corrected chi connectivity index (χ4v) is 3.44. The van der Waals surface area contributed by atoms with Crippen LogP contribution in [0.1, 0.15) is 25.5 Å². The number of hydrogen-bond donors (Lipinski definition) is 1. The summed E-state index contributed by atoms with van der Waals surface area (Å²) in [6.45, 7) is 3.54. The Morgan fingerprint density at radius 1 is 1.37 bits per heavy atom. The number of nitrogens with one attached hydrogen (secondary N) is 1. The van der Waals surface area contributed by atoms with Crippen molar-refractivity contribution in [3.05, 3.63) is 41.4 Å². The van der Waals surface area contributed by atoms with Crippen LogP contribution in [0.3, 0.4) is 0 Å². The van der Waals surface area contributed by atoms with E-state index in [1.54, 1.807) is 16.6 Å². The van der Waals surface area contributed by atoms with Crippen molar-refractivity contribution in [1.29, 1.82) is 0 Å². The molecule has 1 unspecified atom stereocenters. The Bertz CT molecular complexity index is 956. The lowest BCUT2D eigenvalue weighted by Gasteiger charge is -2.33. The van der Waals surface area contributed by atoms with Gasteiger partial charge in [0.15, 0.2) is 0 Å². The SMILES string of the molecule is CCc1cc(N2CCCC(C(=O)Nc3ccc(Cl)cn3)C2)n2ncnc2n1. The van der Waals surface area contributed by atoms with Gasteiger partial charge in [0.2, 0.25) is 5.91 Å². The van der Waals surface area contributed by atoms with Gasteiger partial charge >= 0.3 is 0 Å². The van der Waals surface area contributed by atoms with Crippen molar-refractivity contribution >= 4 is 34.9 Å². The maximum atomic E-state index is 12.7. The molecule has 1 saturated heterocycles. The Hall–Kier alpha value is -2.74. The first-order chi connectivity index (χ1) is 13.1. The number of anilines is 2. The summed E-state index contributed by atoms with van der Waals surface area (Å²) in [4.78, 5) is 27.7. The number of carbonyl (C=O) groups is 1. The van der Waals surface area contributed by atoms with E-state index in [1.807, 2.05) is 6.07 Å². The van der Waals surface area contributed by atoms with Crippen LogP contribution >= 0.6 is 11.6 Å². The second-order valence-electron chi connectivity index (χ2n) is 6.57. The zero-order valence-corrected chi connectivity index (χ0v) is 15.7. The number of fused-ring (bicyclic) bond motifs is 1. The predicted octanol–water partition coefficient (Wildman–Crippen LogP) is 2.59. The van der Waals surface area contributed by atoms with E-state index < -0.39 is 0 Å². The molecule has 4 heterocycles. The fraction of sp³-hybridized carbons (Fsp3) is 0.389. The van der Waals surface area contributed by atoms with E-state index in [4.69, 9.17) is 11.6 Å². The number of piperidine rings is 1. The maximum absolute atomic E-state index is 12.7. The molecule has 0 aromatic carbocycles. The van der Waals surface area contributed by atoms with Crippen molar-refractivity contribution in [2.45, 2.75) is 26.2 Å². The van der Waals surface area contributed by atoms with Gasteiger partial charge in [0.1, 0.15) is 18.0 Å². The zero-order chi connectivity index (χ0) is 18.8. The molecular formula is C18H20ClN7O. The van der Waals surface area contributed by atoms with Gasteiger partial charge in [-0.25, -0.2) is 9.97 Å². The second kappa shape index (κ2) is 7.48. The molecule has 4 rings (SSSR count). The molecule has 0 bridgehead atoms. The molecule has 0 radical (unpaired) electrons. The van der Waals surface area contributed by atoms with Crippen molar-refractivity contribution in [2.24, 2.45) is 5.92 Å². The average Bonchev–Trinajstić information content (AvgIpc) is 3.17. The number of halogens is 1. The van der Waals surface area contributed by atoms with Gasteiger partial charge < -0.3 is 10.2 Å². The monoisotopic (exact) mass is 385 g/mol. The average molecular weight is 386 g/mol. The van der Waals surface area contributed by atoms with Crippen LogP contribution in [0.15, 0.2) is 30.7 Å². The lowest BCUT2D eigenvalue weighted by Crippen LogP contribution is -2.41. The number of nitrogens with zero attached hydrogens (tertiary/aromatic N) is 6. The molecule has 140 valence electrons. The highest BCUT2D eigenvalue weighted by Crippen LogP contribution is 2.25. The highest BCUT2D eigenvalue weighted by atomic mass is 35.5. The molecule has 1 aliphatic rings. The van der Waals surface area contributed by atoms with Crippen LogP contribution in [0.25, 0.3) is 5.78 Å². The minimum absolute atomic E-state index is 0.0332. The molecule has 1 fully saturated rings. The summed E-state index contributed by atoms with van der Waals surface area (Å²) in [6, 6.07) is 5.45. The summed E-state index contributed by atoms with van der Waals surface area (Å²) in [5.74, 6) is 1.86. The summed E-state index contributed by atoms with van der Waals surface area (Å²) in [7, 11) is 0. The number of aryl methyl sites for hydroxylation is 1.